The molecule has 6 rings (SSSR count). The molecule has 3 aliphatic rings. The smallest absolute Gasteiger partial charge is 0.275 e. The molecule has 5 atom stereocenters. The van der Waals surface area contributed by atoms with E-state index in [1.165, 1.54) is 17.7 Å². The molecule has 3 aromatic rings. The molecule has 3 saturated heterocycles. The molecule has 5 heterocycles. The number of hydrogen-bond acceptors (Lipinski definition) is 6. The Morgan fingerprint density at radius 1 is 1.12 bits per heavy atom. The highest BCUT2D eigenvalue weighted by Gasteiger charge is 2.39. The fourth-order valence-corrected chi connectivity index (χ4v) is 7.01. The van der Waals surface area contributed by atoms with Gasteiger partial charge in [0.1, 0.15) is 22.9 Å². The number of thiophene rings is 1. The highest BCUT2D eigenvalue weighted by atomic mass is 32.1. The van der Waals surface area contributed by atoms with Crippen LogP contribution in [0.15, 0.2) is 41.5 Å². The number of piperidine rings is 1. The van der Waals surface area contributed by atoms with Gasteiger partial charge in [-0.25, -0.2) is 4.98 Å². The van der Waals surface area contributed by atoms with E-state index >= 15 is 0 Å². The van der Waals surface area contributed by atoms with Gasteiger partial charge in [0, 0.05) is 29.5 Å². The van der Waals surface area contributed by atoms with E-state index in [9.17, 15) is 4.79 Å². The Hall–Kier alpha value is -2.22. The molecular formula is C25H29N3O3S. The fraction of sp³-hybridized carbons (Fsp3) is 0.520. The monoisotopic (exact) mass is 451 g/mol. The molecule has 6 nitrogen and oxygen atoms in total. The Balaban J connectivity index is 1.22. The molecule has 3 fully saturated rings. The molecule has 7 heteroatoms. The van der Waals surface area contributed by atoms with Crippen LogP contribution in [0, 0.1) is 0 Å². The summed E-state index contributed by atoms with van der Waals surface area (Å²) in [5.74, 6) is 1.23. The number of rotatable bonds is 4. The van der Waals surface area contributed by atoms with Gasteiger partial charge in [0.2, 0.25) is 0 Å². The zero-order chi connectivity index (χ0) is 21.8. The Bertz CT molecular complexity index is 1170. The van der Waals surface area contributed by atoms with Gasteiger partial charge in [0.15, 0.2) is 0 Å². The van der Waals surface area contributed by atoms with Crippen molar-refractivity contribution in [2.75, 3.05) is 13.7 Å². The van der Waals surface area contributed by atoms with Crippen molar-refractivity contribution in [2.45, 2.75) is 69.2 Å². The summed E-state index contributed by atoms with van der Waals surface area (Å²) < 4.78 is 14.4. The van der Waals surface area contributed by atoms with E-state index in [1.807, 2.05) is 24.3 Å². The van der Waals surface area contributed by atoms with Crippen LogP contribution in [0.4, 0.5) is 0 Å². The molecule has 168 valence electrons. The molecular weight excluding hydrogens is 422 g/mol. The third kappa shape index (κ3) is 3.47. The molecule has 0 radical (unpaired) electrons. The quantitative estimate of drug-likeness (QED) is 0.591. The number of aromatic nitrogens is 2. The van der Waals surface area contributed by atoms with E-state index in [-0.39, 0.29) is 17.8 Å². The summed E-state index contributed by atoms with van der Waals surface area (Å²) in [6.07, 6.45) is 7.88. The molecule has 2 aromatic heterocycles. The van der Waals surface area contributed by atoms with Gasteiger partial charge in [0.05, 0.1) is 17.3 Å². The van der Waals surface area contributed by atoms with Crippen LogP contribution in [-0.4, -0.2) is 52.4 Å². The van der Waals surface area contributed by atoms with Crippen LogP contribution in [0.3, 0.4) is 0 Å². The molecule has 0 N–H and O–H groups in total. The van der Waals surface area contributed by atoms with E-state index in [4.69, 9.17) is 9.47 Å². The number of benzene rings is 1. The molecule has 0 saturated carbocycles. The van der Waals surface area contributed by atoms with E-state index in [1.54, 1.807) is 22.2 Å². The topological polar surface area (TPSA) is 56.6 Å². The zero-order valence-electron chi connectivity index (χ0n) is 18.6. The van der Waals surface area contributed by atoms with Gasteiger partial charge in [-0.1, -0.05) is 0 Å². The van der Waals surface area contributed by atoms with Crippen LogP contribution in [0.5, 0.6) is 5.75 Å². The van der Waals surface area contributed by atoms with Crippen molar-refractivity contribution in [1.82, 2.24) is 14.5 Å². The minimum absolute atomic E-state index is 0.0154. The molecule has 2 bridgehead atoms. The van der Waals surface area contributed by atoms with Gasteiger partial charge in [-0.05, 0) is 76.4 Å². The second kappa shape index (κ2) is 7.97. The number of ether oxygens (including phenoxy) is 2. The summed E-state index contributed by atoms with van der Waals surface area (Å²) >= 11 is 1.56. The second-order valence-corrected chi connectivity index (χ2v) is 10.6. The molecule has 0 amide bonds. The molecule has 3 aliphatic heterocycles. The molecule has 1 aromatic carbocycles. The first-order valence-electron chi connectivity index (χ1n) is 11.7. The zero-order valence-corrected chi connectivity index (χ0v) is 19.4. The van der Waals surface area contributed by atoms with E-state index in [0.717, 1.165) is 42.8 Å². The van der Waals surface area contributed by atoms with Crippen molar-refractivity contribution in [3.8, 4) is 11.4 Å². The maximum atomic E-state index is 13.2. The number of nitrogens with zero attached hydrogens (tertiary/aromatic N) is 3. The maximum Gasteiger partial charge on any atom is 0.275 e. The summed E-state index contributed by atoms with van der Waals surface area (Å²) in [6.45, 7) is 2.89. The summed E-state index contributed by atoms with van der Waals surface area (Å²) in [4.78, 5) is 21.5. The van der Waals surface area contributed by atoms with Gasteiger partial charge < -0.3 is 14.4 Å². The number of hydrogen-bond donors (Lipinski definition) is 0. The lowest BCUT2D eigenvalue weighted by molar-refractivity contribution is 0.0662. The van der Waals surface area contributed by atoms with Gasteiger partial charge in [-0.3, -0.25) is 9.36 Å². The Morgan fingerprint density at radius 2 is 1.88 bits per heavy atom. The summed E-state index contributed by atoms with van der Waals surface area (Å²) in [5, 5.41) is 0. The summed E-state index contributed by atoms with van der Waals surface area (Å²) in [7, 11) is 2.24. The lowest BCUT2D eigenvalue weighted by Crippen LogP contribution is -2.43. The van der Waals surface area contributed by atoms with E-state index in [2.05, 4.69) is 29.9 Å². The SMILES string of the molecule is CC1OCCC1c1cc2ncn(-c3ccc(OC4C[C@H]5CC[C@@H](C4)N5C)cc3)c(=O)c2s1. The Kier molecular flexibility index (Phi) is 5.08. The molecule has 0 aliphatic carbocycles. The lowest BCUT2D eigenvalue weighted by Gasteiger charge is -2.36. The second-order valence-electron chi connectivity index (χ2n) is 9.51. The minimum atomic E-state index is -0.0154. The fourth-order valence-electron chi connectivity index (χ4n) is 5.74. The average molecular weight is 452 g/mol. The summed E-state index contributed by atoms with van der Waals surface area (Å²) in [6, 6.07) is 11.2. The largest absolute Gasteiger partial charge is 0.490 e. The van der Waals surface area contributed by atoms with Gasteiger partial charge in [-0.2, -0.15) is 0 Å². The van der Waals surface area contributed by atoms with Crippen molar-refractivity contribution >= 4 is 21.6 Å². The third-order valence-electron chi connectivity index (χ3n) is 7.67. The van der Waals surface area contributed by atoms with Crippen molar-refractivity contribution in [1.29, 1.82) is 0 Å². The van der Waals surface area contributed by atoms with Gasteiger partial charge >= 0.3 is 0 Å². The van der Waals surface area contributed by atoms with Crippen LogP contribution < -0.4 is 10.3 Å². The third-order valence-corrected chi connectivity index (χ3v) is 8.92. The van der Waals surface area contributed by atoms with Crippen molar-refractivity contribution in [3.63, 3.8) is 0 Å². The van der Waals surface area contributed by atoms with Crippen LogP contribution >= 0.6 is 11.3 Å². The normalized spacial score (nSPS) is 30.2. The highest BCUT2D eigenvalue weighted by Crippen LogP contribution is 2.37. The van der Waals surface area contributed by atoms with Crippen molar-refractivity contribution in [2.24, 2.45) is 0 Å². The standard InChI is InChI=1S/C25H29N3O3S/c1-15-21(9-10-30-15)23-13-22-24(32-23)25(29)28(14-26-22)16-5-7-19(8-6-16)31-20-11-17-3-4-18(12-20)27(17)2/h5-8,13-15,17-18,20-21H,3-4,9-12H2,1-2H3/t15?,17-,18+,20?,21?. The first kappa shape index (κ1) is 20.4. The lowest BCUT2D eigenvalue weighted by atomic mass is 10.0. The average Bonchev–Trinajstić information content (AvgIpc) is 3.45. The molecule has 0 spiro atoms. The van der Waals surface area contributed by atoms with E-state index in [0.29, 0.717) is 22.7 Å². The first-order chi connectivity index (χ1) is 15.6. The number of fused-ring (bicyclic) bond motifs is 3. The first-order valence-corrected chi connectivity index (χ1v) is 12.5. The molecule has 3 unspecified atom stereocenters. The molecule has 32 heavy (non-hydrogen) atoms. The van der Waals surface area contributed by atoms with Crippen molar-refractivity contribution < 1.29 is 9.47 Å². The predicted octanol–water partition coefficient (Wildman–Crippen LogP) is 4.34. The van der Waals surface area contributed by atoms with Crippen LogP contribution in [0.1, 0.15) is 49.8 Å². The minimum Gasteiger partial charge on any atom is -0.490 e. The van der Waals surface area contributed by atoms with Gasteiger partial charge in [0.25, 0.3) is 5.56 Å². The van der Waals surface area contributed by atoms with Gasteiger partial charge in [-0.15, -0.1) is 11.3 Å². The van der Waals surface area contributed by atoms with E-state index < -0.39 is 0 Å². The summed E-state index contributed by atoms with van der Waals surface area (Å²) in [5.41, 5.74) is 1.58. The van der Waals surface area contributed by atoms with Crippen molar-refractivity contribution in [3.05, 3.63) is 51.9 Å². The van der Waals surface area contributed by atoms with Crippen LogP contribution in [-0.2, 0) is 4.74 Å². The van der Waals surface area contributed by atoms with Crippen LogP contribution in [0.25, 0.3) is 15.9 Å². The highest BCUT2D eigenvalue weighted by molar-refractivity contribution is 7.19. The maximum absolute atomic E-state index is 13.2. The Morgan fingerprint density at radius 3 is 2.56 bits per heavy atom. The predicted molar refractivity (Wildman–Crippen MR) is 126 cm³/mol. The van der Waals surface area contributed by atoms with Crippen LogP contribution in [0.2, 0.25) is 0 Å². The Labute approximate surface area is 191 Å².